The third kappa shape index (κ3) is 4.11. The van der Waals surface area contributed by atoms with E-state index in [4.69, 9.17) is 14.5 Å². The molecule has 1 fully saturated rings. The Morgan fingerprint density at radius 3 is 2.57 bits per heavy atom. The SMILES string of the molecule is CCOC(=O)C1C(=O)NC(N2CCN(CC)CC2)=NC1c1ccccc1OC. The molecular weight excluding hydrogens is 360 g/mol. The van der Waals surface area contributed by atoms with E-state index in [1.807, 2.05) is 18.2 Å². The molecule has 2 aliphatic rings. The molecule has 28 heavy (non-hydrogen) atoms. The van der Waals surface area contributed by atoms with Gasteiger partial charge in [0.25, 0.3) is 0 Å². The van der Waals surface area contributed by atoms with Gasteiger partial charge in [0.05, 0.1) is 13.7 Å². The first-order chi connectivity index (χ1) is 13.6. The molecule has 0 aromatic heterocycles. The Bertz CT molecular complexity index is 743. The summed E-state index contributed by atoms with van der Waals surface area (Å²) in [6, 6.07) is 6.65. The van der Waals surface area contributed by atoms with E-state index in [1.165, 1.54) is 0 Å². The van der Waals surface area contributed by atoms with E-state index in [0.717, 1.165) is 32.7 Å². The molecule has 2 heterocycles. The lowest BCUT2D eigenvalue weighted by Crippen LogP contribution is -2.57. The van der Waals surface area contributed by atoms with E-state index in [-0.39, 0.29) is 6.61 Å². The molecular formula is C20H28N4O4. The van der Waals surface area contributed by atoms with Gasteiger partial charge in [-0.1, -0.05) is 25.1 Å². The molecule has 3 rings (SSSR count). The minimum atomic E-state index is -1.04. The highest BCUT2D eigenvalue weighted by Gasteiger charge is 2.43. The standard InChI is InChI=1S/C20H28N4O4/c1-4-23-10-12-24(13-11-23)20-21-17(14-8-6-7-9-15(14)27-3)16(18(25)22-20)19(26)28-5-2/h6-9,16-17H,4-5,10-13H2,1-3H3,(H,21,22,25). The van der Waals surface area contributed by atoms with Crippen molar-refractivity contribution >= 4 is 17.8 Å². The molecule has 0 saturated carbocycles. The molecule has 8 nitrogen and oxygen atoms in total. The maximum Gasteiger partial charge on any atom is 0.321 e. The van der Waals surface area contributed by atoms with Gasteiger partial charge in [-0.2, -0.15) is 0 Å². The van der Waals surface area contributed by atoms with Crippen LogP contribution in [0.1, 0.15) is 25.5 Å². The fourth-order valence-corrected chi connectivity index (χ4v) is 3.63. The van der Waals surface area contributed by atoms with E-state index < -0.39 is 23.8 Å². The number of methoxy groups -OCH3 is 1. The number of likely N-dealkylation sites (N-methyl/N-ethyl adjacent to an activating group) is 1. The van der Waals surface area contributed by atoms with Gasteiger partial charge in [0, 0.05) is 31.7 Å². The smallest absolute Gasteiger partial charge is 0.321 e. The zero-order valence-electron chi connectivity index (χ0n) is 16.7. The molecule has 1 aromatic carbocycles. The fourth-order valence-electron chi connectivity index (χ4n) is 3.63. The number of para-hydroxylation sites is 1. The Hall–Kier alpha value is -2.61. The first kappa shape index (κ1) is 20.1. The van der Waals surface area contributed by atoms with Crippen LogP contribution in [0.4, 0.5) is 0 Å². The van der Waals surface area contributed by atoms with Gasteiger partial charge in [-0.05, 0) is 19.5 Å². The maximum atomic E-state index is 12.9. The van der Waals surface area contributed by atoms with Crippen molar-refractivity contribution in [1.29, 1.82) is 0 Å². The van der Waals surface area contributed by atoms with Crippen LogP contribution < -0.4 is 10.1 Å². The van der Waals surface area contributed by atoms with Crippen LogP contribution >= 0.6 is 0 Å². The van der Waals surface area contributed by atoms with E-state index in [0.29, 0.717) is 17.3 Å². The number of piperazine rings is 1. The third-order valence-electron chi connectivity index (χ3n) is 5.21. The molecule has 1 saturated heterocycles. The number of carbonyl (C=O) groups is 2. The highest BCUT2D eigenvalue weighted by molar-refractivity contribution is 6.08. The van der Waals surface area contributed by atoms with Crippen molar-refractivity contribution in [2.75, 3.05) is 46.4 Å². The number of guanidine groups is 1. The van der Waals surface area contributed by atoms with Gasteiger partial charge < -0.3 is 19.3 Å². The largest absolute Gasteiger partial charge is 0.496 e. The number of nitrogens with zero attached hydrogens (tertiary/aromatic N) is 3. The van der Waals surface area contributed by atoms with Crippen LogP contribution in [0.25, 0.3) is 0 Å². The van der Waals surface area contributed by atoms with Gasteiger partial charge >= 0.3 is 5.97 Å². The van der Waals surface area contributed by atoms with Crippen LogP contribution in [0, 0.1) is 5.92 Å². The summed E-state index contributed by atoms with van der Waals surface area (Å²) in [6.07, 6.45) is 0. The van der Waals surface area contributed by atoms with Gasteiger partial charge in [0.1, 0.15) is 11.8 Å². The minimum absolute atomic E-state index is 0.205. The predicted octanol–water partition coefficient (Wildman–Crippen LogP) is 1.04. The average Bonchev–Trinajstić information content (AvgIpc) is 2.73. The molecule has 0 spiro atoms. The molecule has 2 atom stereocenters. The Morgan fingerprint density at radius 1 is 1.21 bits per heavy atom. The van der Waals surface area contributed by atoms with Crippen LogP contribution in [0.3, 0.4) is 0 Å². The third-order valence-corrected chi connectivity index (χ3v) is 5.21. The van der Waals surface area contributed by atoms with E-state index in [1.54, 1.807) is 20.1 Å². The molecule has 8 heteroatoms. The second kappa shape index (κ2) is 9.05. The number of benzene rings is 1. The summed E-state index contributed by atoms with van der Waals surface area (Å²) in [7, 11) is 1.57. The fraction of sp³-hybridized carbons (Fsp3) is 0.550. The highest BCUT2D eigenvalue weighted by atomic mass is 16.5. The van der Waals surface area contributed by atoms with Gasteiger partial charge in [0.15, 0.2) is 5.92 Å². The van der Waals surface area contributed by atoms with Crippen LogP contribution in [0.2, 0.25) is 0 Å². The lowest BCUT2D eigenvalue weighted by atomic mass is 9.90. The zero-order chi connectivity index (χ0) is 20.1. The molecule has 2 aliphatic heterocycles. The van der Waals surface area contributed by atoms with Crippen molar-refractivity contribution in [3.8, 4) is 5.75 Å². The number of ether oxygens (including phenoxy) is 2. The molecule has 2 unspecified atom stereocenters. The van der Waals surface area contributed by atoms with E-state index in [9.17, 15) is 9.59 Å². The van der Waals surface area contributed by atoms with Crippen molar-refractivity contribution in [2.45, 2.75) is 19.9 Å². The quantitative estimate of drug-likeness (QED) is 0.599. The number of carbonyl (C=O) groups excluding carboxylic acids is 2. The second-order valence-electron chi connectivity index (χ2n) is 6.78. The Morgan fingerprint density at radius 2 is 1.93 bits per heavy atom. The van der Waals surface area contributed by atoms with Crippen molar-refractivity contribution in [3.05, 3.63) is 29.8 Å². The Balaban J connectivity index is 1.95. The van der Waals surface area contributed by atoms with E-state index in [2.05, 4.69) is 22.0 Å². The number of nitrogens with one attached hydrogen (secondary N) is 1. The molecule has 1 N–H and O–H groups in total. The first-order valence-electron chi connectivity index (χ1n) is 9.74. The predicted molar refractivity (Wildman–Crippen MR) is 105 cm³/mol. The summed E-state index contributed by atoms with van der Waals surface area (Å²) in [5, 5.41) is 2.82. The van der Waals surface area contributed by atoms with Gasteiger partial charge in [0.2, 0.25) is 11.9 Å². The molecule has 152 valence electrons. The number of amides is 1. The number of esters is 1. The lowest BCUT2D eigenvalue weighted by molar-refractivity contribution is -0.153. The van der Waals surface area contributed by atoms with Crippen LogP contribution in [0.5, 0.6) is 5.75 Å². The maximum absolute atomic E-state index is 12.9. The van der Waals surface area contributed by atoms with Crippen molar-refractivity contribution in [3.63, 3.8) is 0 Å². The van der Waals surface area contributed by atoms with Gasteiger partial charge in [-0.25, -0.2) is 4.99 Å². The number of hydrogen-bond donors (Lipinski definition) is 1. The highest BCUT2D eigenvalue weighted by Crippen LogP contribution is 2.36. The van der Waals surface area contributed by atoms with Crippen molar-refractivity contribution in [2.24, 2.45) is 10.9 Å². The van der Waals surface area contributed by atoms with Crippen LogP contribution in [-0.4, -0.2) is 74.1 Å². The molecule has 0 bridgehead atoms. The van der Waals surface area contributed by atoms with Crippen LogP contribution in [0.15, 0.2) is 29.3 Å². The Labute approximate surface area is 165 Å². The zero-order valence-corrected chi connectivity index (χ0v) is 16.7. The summed E-state index contributed by atoms with van der Waals surface area (Å²) < 4.78 is 10.6. The van der Waals surface area contributed by atoms with Crippen LogP contribution in [-0.2, 0) is 14.3 Å². The molecule has 1 aromatic rings. The number of aliphatic imine (C=N–C) groups is 1. The van der Waals surface area contributed by atoms with Gasteiger partial charge in [-0.15, -0.1) is 0 Å². The van der Waals surface area contributed by atoms with Gasteiger partial charge in [-0.3, -0.25) is 14.9 Å². The second-order valence-corrected chi connectivity index (χ2v) is 6.78. The normalized spacial score (nSPS) is 23.0. The summed E-state index contributed by atoms with van der Waals surface area (Å²) >= 11 is 0. The number of rotatable bonds is 5. The number of hydrogen-bond acceptors (Lipinski definition) is 7. The molecule has 0 aliphatic carbocycles. The van der Waals surface area contributed by atoms with E-state index >= 15 is 0 Å². The summed E-state index contributed by atoms with van der Waals surface area (Å²) in [6.45, 7) is 8.43. The van der Waals surface area contributed by atoms with Crippen molar-refractivity contribution < 1.29 is 19.1 Å². The minimum Gasteiger partial charge on any atom is -0.496 e. The Kier molecular flexibility index (Phi) is 6.51. The lowest BCUT2D eigenvalue weighted by Gasteiger charge is -2.38. The van der Waals surface area contributed by atoms with Crippen molar-refractivity contribution in [1.82, 2.24) is 15.1 Å². The summed E-state index contributed by atoms with van der Waals surface area (Å²) in [4.78, 5) is 34.6. The average molecular weight is 388 g/mol. The topological polar surface area (TPSA) is 83.5 Å². The summed E-state index contributed by atoms with van der Waals surface area (Å²) in [5.74, 6) is -0.906. The summed E-state index contributed by atoms with van der Waals surface area (Å²) in [5.41, 5.74) is 0.697. The monoisotopic (exact) mass is 388 g/mol. The first-order valence-corrected chi connectivity index (χ1v) is 9.74. The molecule has 1 amide bonds. The molecule has 0 radical (unpaired) electrons.